The van der Waals surface area contributed by atoms with Crippen molar-refractivity contribution in [3.63, 3.8) is 0 Å². The van der Waals surface area contributed by atoms with Gasteiger partial charge in [-0.1, -0.05) is 52.2 Å². The summed E-state index contributed by atoms with van der Waals surface area (Å²) >= 11 is 0. The van der Waals surface area contributed by atoms with Crippen LogP contribution in [0.1, 0.15) is 59.8 Å². The zero-order valence-corrected chi connectivity index (χ0v) is 13.6. The molecule has 0 aromatic carbocycles. The van der Waals surface area contributed by atoms with Crippen LogP contribution in [0.3, 0.4) is 0 Å². The number of hydrogen-bond donors (Lipinski definition) is 0. The Bertz CT molecular complexity index is 247. The van der Waals surface area contributed by atoms with Crippen molar-refractivity contribution in [2.24, 2.45) is 0 Å². The van der Waals surface area contributed by atoms with Gasteiger partial charge in [0.25, 0.3) is 0 Å². The molecule has 0 aromatic heterocycles. The van der Waals surface area contributed by atoms with E-state index in [0.717, 1.165) is 12.8 Å². The Kier molecular flexibility index (Phi) is 6.40. The smallest absolute Gasteiger partial charge is 0.306 e. The van der Waals surface area contributed by atoms with Gasteiger partial charge in [0, 0.05) is 5.54 Å². The molecule has 0 spiro atoms. The zero-order chi connectivity index (χ0) is 13.6. The minimum atomic E-state index is -1.44. The van der Waals surface area contributed by atoms with Crippen LogP contribution in [-0.4, -0.2) is 20.1 Å². The van der Waals surface area contributed by atoms with Crippen LogP contribution < -0.4 is 0 Å². The largest absolute Gasteiger partial charge is 0.462 e. The Morgan fingerprint density at radius 2 is 1.61 bits per heavy atom. The maximum Gasteiger partial charge on any atom is 0.306 e. The summed E-state index contributed by atoms with van der Waals surface area (Å²) in [6.45, 7) is 8.88. The molecule has 1 aliphatic rings. The third-order valence-electron chi connectivity index (χ3n) is 5.22. The lowest BCUT2D eigenvalue weighted by molar-refractivity contribution is -0.150. The van der Waals surface area contributed by atoms with Gasteiger partial charge >= 0.3 is 5.97 Å². The van der Waals surface area contributed by atoms with E-state index < -0.39 is 8.07 Å². The predicted molar refractivity (Wildman–Crippen MR) is 79.6 cm³/mol. The maximum absolute atomic E-state index is 12.3. The van der Waals surface area contributed by atoms with E-state index in [1.54, 1.807) is 0 Å². The van der Waals surface area contributed by atoms with E-state index in [-0.39, 0.29) is 17.6 Å². The van der Waals surface area contributed by atoms with Gasteiger partial charge in [0.15, 0.2) is 0 Å². The summed E-state index contributed by atoms with van der Waals surface area (Å²) in [4.78, 5) is 12.3. The first-order chi connectivity index (χ1) is 8.59. The number of carbonyl (C=O) groups excluding carboxylic acids is 1. The van der Waals surface area contributed by atoms with E-state index in [9.17, 15) is 4.79 Å². The predicted octanol–water partition coefficient (Wildman–Crippen LogP) is 4.76. The Hall–Kier alpha value is -0.313. The monoisotopic (exact) mass is 270 g/mol. The second-order valence-electron chi connectivity index (χ2n) is 5.84. The summed E-state index contributed by atoms with van der Waals surface area (Å²) < 4.78 is 5.76. The molecule has 0 amide bonds. The lowest BCUT2D eigenvalue weighted by atomic mass is 9.98. The van der Waals surface area contributed by atoms with Gasteiger partial charge in [-0.05, 0) is 25.7 Å². The molecule has 1 aliphatic carbocycles. The zero-order valence-electron chi connectivity index (χ0n) is 12.6. The third kappa shape index (κ3) is 3.59. The fourth-order valence-electron chi connectivity index (χ4n) is 3.37. The molecule has 0 aromatic rings. The molecule has 0 N–H and O–H groups in total. The number of hydrogen-bond acceptors (Lipinski definition) is 2. The van der Waals surface area contributed by atoms with Crippen molar-refractivity contribution in [2.45, 2.75) is 89.6 Å². The first-order valence-electron chi connectivity index (χ1n) is 7.80. The van der Waals surface area contributed by atoms with Gasteiger partial charge < -0.3 is 4.74 Å². The van der Waals surface area contributed by atoms with Gasteiger partial charge in [0.1, 0.15) is 6.10 Å². The van der Waals surface area contributed by atoms with E-state index in [0.29, 0.717) is 0 Å². The molecule has 106 valence electrons. The van der Waals surface area contributed by atoms with Crippen molar-refractivity contribution in [1.82, 2.24) is 0 Å². The first kappa shape index (κ1) is 15.7. The minimum Gasteiger partial charge on any atom is -0.462 e. The fraction of sp³-hybridized carbons (Fsp3) is 0.933. The number of rotatable bonds is 6. The van der Waals surface area contributed by atoms with Crippen molar-refractivity contribution in [1.29, 1.82) is 0 Å². The lowest BCUT2D eigenvalue weighted by Gasteiger charge is -2.34. The summed E-state index contributed by atoms with van der Waals surface area (Å²) in [6, 6.07) is 3.59. The van der Waals surface area contributed by atoms with Crippen LogP contribution in [0.5, 0.6) is 0 Å². The summed E-state index contributed by atoms with van der Waals surface area (Å²) in [5.41, 5.74) is 0.166. The molecular formula is C15H30O2Si. The van der Waals surface area contributed by atoms with E-state index in [1.807, 2.05) is 0 Å². The maximum atomic E-state index is 12.3. The van der Waals surface area contributed by atoms with E-state index in [1.165, 1.54) is 37.4 Å². The second kappa shape index (κ2) is 7.32. The number of ether oxygens (including phenoxy) is 1. The van der Waals surface area contributed by atoms with E-state index in [4.69, 9.17) is 4.74 Å². The van der Waals surface area contributed by atoms with Crippen LogP contribution in [0, 0.1) is 0 Å². The molecular weight excluding hydrogens is 240 g/mol. The van der Waals surface area contributed by atoms with Gasteiger partial charge in [0.05, 0.1) is 8.07 Å². The van der Waals surface area contributed by atoms with Crippen LogP contribution in [0.4, 0.5) is 0 Å². The summed E-state index contributed by atoms with van der Waals surface area (Å²) in [7, 11) is -1.44. The molecule has 0 heterocycles. The van der Waals surface area contributed by atoms with Crippen LogP contribution in [-0.2, 0) is 9.53 Å². The van der Waals surface area contributed by atoms with Crippen LogP contribution in [0.15, 0.2) is 0 Å². The van der Waals surface area contributed by atoms with Crippen molar-refractivity contribution in [3.8, 4) is 0 Å². The normalized spacial score (nSPS) is 19.6. The van der Waals surface area contributed by atoms with Crippen molar-refractivity contribution < 1.29 is 9.53 Å². The molecule has 18 heavy (non-hydrogen) atoms. The molecule has 0 aliphatic heterocycles. The molecule has 0 radical (unpaired) electrons. The highest BCUT2D eigenvalue weighted by Gasteiger charge is 2.39. The molecule has 1 fully saturated rings. The number of esters is 1. The summed E-state index contributed by atoms with van der Waals surface area (Å²) in [5.74, 6) is 0.0964. The highest BCUT2D eigenvalue weighted by molar-refractivity contribution is 6.83. The lowest BCUT2D eigenvalue weighted by Crippen LogP contribution is -2.41. The summed E-state index contributed by atoms with van der Waals surface area (Å²) in [6.07, 6.45) is 6.13. The Labute approximate surface area is 113 Å². The summed E-state index contributed by atoms with van der Waals surface area (Å²) in [5, 5.41) is 0. The SMILES string of the molecule is CC[Si](CC)(CC)C(C)C(=O)OC1CCCCC1. The Balaban J connectivity index is 2.58. The van der Waals surface area contributed by atoms with E-state index in [2.05, 4.69) is 27.7 Å². The van der Waals surface area contributed by atoms with E-state index >= 15 is 0 Å². The molecule has 3 heteroatoms. The van der Waals surface area contributed by atoms with Gasteiger partial charge in [0.2, 0.25) is 0 Å². The Morgan fingerprint density at radius 1 is 1.11 bits per heavy atom. The molecule has 2 nitrogen and oxygen atoms in total. The van der Waals surface area contributed by atoms with Gasteiger partial charge in [-0.2, -0.15) is 0 Å². The minimum absolute atomic E-state index is 0.0964. The molecule has 1 saturated carbocycles. The average molecular weight is 270 g/mol. The van der Waals surface area contributed by atoms with Crippen molar-refractivity contribution >= 4 is 14.0 Å². The molecule has 0 saturated heterocycles. The van der Waals surface area contributed by atoms with Crippen LogP contribution >= 0.6 is 0 Å². The number of carbonyl (C=O) groups is 1. The highest BCUT2D eigenvalue weighted by atomic mass is 28.3. The fourth-order valence-corrected chi connectivity index (χ4v) is 7.27. The molecule has 1 unspecified atom stereocenters. The quantitative estimate of drug-likeness (QED) is 0.514. The van der Waals surface area contributed by atoms with Crippen molar-refractivity contribution in [3.05, 3.63) is 0 Å². The van der Waals surface area contributed by atoms with Gasteiger partial charge in [-0.25, -0.2) is 0 Å². The second-order valence-corrected chi connectivity index (χ2v) is 11.6. The first-order valence-corrected chi connectivity index (χ1v) is 10.5. The molecule has 0 bridgehead atoms. The topological polar surface area (TPSA) is 26.3 Å². The Morgan fingerprint density at radius 3 is 2.06 bits per heavy atom. The van der Waals surface area contributed by atoms with Crippen molar-refractivity contribution in [2.75, 3.05) is 0 Å². The highest BCUT2D eigenvalue weighted by Crippen LogP contribution is 2.35. The molecule has 1 atom stereocenters. The average Bonchev–Trinajstić information content (AvgIpc) is 2.42. The third-order valence-corrected chi connectivity index (χ3v) is 11.5. The van der Waals surface area contributed by atoms with Crippen LogP contribution in [0.2, 0.25) is 23.7 Å². The van der Waals surface area contributed by atoms with Crippen LogP contribution in [0.25, 0.3) is 0 Å². The standard InChI is InChI=1S/C15H30O2Si/c1-5-18(6-2,7-3)13(4)15(16)17-14-11-9-8-10-12-14/h13-14H,5-12H2,1-4H3. The van der Waals surface area contributed by atoms with Gasteiger partial charge in [-0.15, -0.1) is 0 Å². The molecule has 1 rings (SSSR count). The van der Waals surface area contributed by atoms with Gasteiger partial charge in [-0.3, -0.25) is 4.79 Å².